The van der Waals surface area contributed by atoms with E-state index in [0.29, 0.717) is 6.42 Å². The number of rotatable bonds is 4. The lowest BCUT2D eigenvalue weighted by atomic mass is 10.1. The Bertz CT molecular complexity index is 314. The van der Waals surface area contributed by atoms with Crippen LogP contribution in [0.25, 0.3) is 0 Å². The highest BCUT2D eigenvalue weighted by Gasteiger charge is 2.14. The minimum atomic E-state index is -0.140. The number of aromatic nitrogens is 1. The molecule has 1 rings (SSSR count). The number of amides is 1. The molecule has 0 aliphatic carbocycles. The molecule has 0 fully saturated rings. The van der Waals surface area contributed by atoms with Crippen molar-refractivity contribution in [2.24, 2.45) is 0 Å². The predicted octanol–water partition coefficient (Wildman–Crippen LogP) is 0.463. The van der Waals surface area contributed by atoms with E-state index in [1.54, 1.807) is 24.3 Å². The van der Waals surface area contributed by atoms with E-state index < -0.39 is 0 Å². The zero-order valence-corrected chi connectivity index (χ0v) is 9.05. The molecule has 0 aliphatic rings. The molecular weight excluding hydrogens is 192 g/mol. The van der Waals surface area contributed by atoms with Crippen molar-refractivity contribution in [3.8, 4) is 0 Å². The molecule has 1 amide bonds. The van der Waals surface area contributed by atoms with Crippen molar-refractivity contribution in [2.75, 3.05) is 13.7 Å². The average molecular weight is 208 g/mol. The van der Waals surface area contributed by atoms with Gasteiger partial charge < -0.3 is 10.0 Å². The highest BCUT2D eigenvalue weighted by molar-refractivity contribution is 5.78. The van der Waals surface area contributed by atoms with Crippen molar-refractivity contribution >= 4 is 5.91 Å². The predicted molar refractivity (Wildman–Crippen MR) is 57.3 cm³/mol. The standard InChI is InChI=1S/C11H16N2O2/c1-9(8-14)13(2)11(15)7-10-3-5-12-6-4-10/h3-6,9,14H,7-8H2,1-2H3. The van der Waals surface area contributed by atoms with Gasteiger partial charge in [0.25, 0.3) is 0 Å². The van der Waals surface area contributed by atoms with Gasteiger partial charge in [0.2, 0.25) is 5.91 Å². The van der Waals surface area contributed by atoms with Crippen LogP contribution in [0.2, 0.25) is 0 Å². The number of hydrogen-bond donors (Lipinski definition) is 1. The van der Waals surface area contributed by atoms with Crippen molar-refractivity contribution in [1.29, 1.82) is 0 Å². The fourth-order valence-electron chi connectivity index (χ4n) is 1.17. The van der Waals surface area contributed by atoms with Gasteiger partial charge in [-0.25, -0.2) is 0 Å². The lowest BCUT2D eigenvalue weighted by Crippen LogP contribution is -2.38. The molecule has 0 saturated heterocycles. The van der Waals surface area contributed by atoms with Crippen LogP contribution in [-0.2, 0) is 11.2 Å². The first-order chi connectivity index (χ1) is 7.15. The van der Waals surface area contributed by atoms with E-state index in [2.05, 4.69) is 4.98 Å². The van der Waals surface area contributed by atoms with Gasteiger partial charge in [0.15, 0.2) is 0 Å². The van der Waals surface area contributed by atoms with Crippen LogP contribution in [0.1, 0.15) is 12.5 Å². The van der Waals surface area contributed by atoms with Crippen LogP contribution in [-0.4, -0.2) is 40.6 Å². The zero-order valence-electron chi connectivity index (χ0n) is 9.05. The van der Waals surface area contributed by atoms with E-state index in [0.717, 1.165) is 5.56 Å². The van der Waals surface area contributed by atoms with Gasteiger partial charge in [0.05, 0.1) is 19.1 Å². The number of likely N-dealkylation sites (N-methyl/N-ethyl adjacent to an activating group) is 1. The van der Waals surface area contributed by atoms with E-state index in [4.69, 9.17) is 5.11 Å². The number of aliphatic hydroxyl groups excluding tert-OH is 1. The van der Waals surface area contributed by atoms with Crippen LogP contribution in [0.5, 0.6) is 0 Å². The highest BCUT2D eigenvalue weighted by atomic mass is 16.3. The van der Waals surface area contributed by atoms with Crippen molar-refractivity contribution in [2.45, 2.75) is 19.4 Å². The molecule has 1 heterocycles. The third-order valence-electron chi connectivity index (χ3n) is 2.42. The molecule has 1 aromatic heterocycles. The first-order valence-corrected chi connectivity index (χ1v) is 4.90. The number of aliphatic hydroxyl groups is 1. The Hall–Kier alpha value is -1.42. The summed E-state index contributed by atoms with van der Waals surface area (Å²) in [6.07, 6.45) is 3.68. The largest absolute Gasteiger partial charge is 0.394 e. The monoisotopic (exact) mass is 208 g/mol. The average Bonchev–Trinajstić information content (AvgIpc) is 2.28. The topological polar surface area (TPSA) is 53.4 Å². The van der Waals surface area contributed by atoms with Crippen LogP contribution in [0.15, 0.2) is 24.5 Å². The van der Waals surface area contributed by atoms with E-state index in [1.807, 2.05) is 19.1 Å². The molecule has 0 aromatic carbocycles. The number of hydrogen-bond acceptors (Lipinski definition) is 3. The summed E-state index contributed by atoms with van der Waals surface area (Å²) in [5.41, 5.74) is 0.937. The molecular formula is C11H16N2O2. The Balaban J connectivity index is 2.56. The van der Waals surface area contributed by atoms with Crippen molar-refractivity contribution < 1.29 is 9.90 Å². The molecule has 15 heavy (non-hydrogen) atoms. The van der Waals surface area contributed by atoms with Crippen molar-refractivity contribution in [3.63, 3.8) is 0 Å². The van der Waals surface area contributed by atoms with Gasteiger partial charge in [0, 0.05) is 19.4 Å². The van der Waals surface area contributed by atoms with Crippen LogP contribution in [0.4, 0.5) is 0 Å². The maximum absolute atomic E-state index is 11.7. The smallest absolute Gasteiger partial charge is 0.227 e. The third-order valence-corrected chi connectivity index (χ3v) is 2.42. The minimum absolute atomic E-state index is 0.00255. The van der Waals surface area contributed by atoms with Crippen LogP contribution in [0.3, 0.4) is 0 Å². The Morgan fingerprint density at radius 1 is 1.53 bits per heavy atom. The quantitative estimate of drug-likeness (QED) is 0.782. The summed E-state index contributed by atoms with van der Waals surface area (Å²) in [7, 11) is 1.70. The summed E-state index contributed by atoms with van der Waals surface area (Å²) >= 11 is 0. The van der Waals surface area contributed by atoms with Gasteiger partial charge in [0.1, 0.15) is 0 Å². The summed E-state index contributed by atoms with van der Waals surface area (Å²) < 4.78 is 0. The molecule has 0 bridgehead atoms. The number of carbonyl (C=O) groups is 1. The molecule has 0 aliphatic heterocycles. The highest BCUT2D eigenvalue weighted by Crippen LogP contribution is 2.03. The third kappa shape index (κ3) is 3.32. The Kier molecular flexibility index (Phi) is 4.24. The van der Waals surface area contributed by atoms with E-state index in [1.165, 1.54) is 0 Å². The molecule has 0 spiro atoms. The van der Waals surface area contributed by atoms with Gasteiger partial charge in [-0.3, -0.25) is 9.78 Å². The fourth-order valence-corrected chi connectivity index (χ4v) is 1.17. The Labute approximate surface area is 89.6 Å². The molecule has 4 heteroatoms. The second-order valence-electron chi connectivity index (χ2n) is 3.57. The lowest BCUT2D eigenvalue weighted by Gasteiger charge is -2.23. The molecule has 0 saturated carbocycles. The van der Waals surface area contributed by atoms with E-state index >= 15 is 0 Å². The van der Waals surface area contributed by atoms with Gasteiger partial charge in [-0.1, -0.05) is 0 Å². The lowest BCUT2D eigenvalue weighted by molar-refractivity contribution is -0.131. The van der Waals surface area contributed by atoms with E-state index in [9.17, 15) is 4.79 Å². The van der Waals surface area contributed by atoms with E-state index in [-0.39, 0.29) is 18.6 Å². The first kappa shape index (κ1) is 11.7. The molecule has 4 nitrogen and oxygen atoms in total. The normalized spacial score (nSPS) is 12.2. The minimum Gasteiger partial charge on any atom is -0.394 e. The molecule has 0 radical (unpaired) electrons. The summed E-state index contributed by atoms with van der Waals surface area (Å²) in [6, 6.07) is 3.49. The van der Waals surface area contributed by atoms with Gasteiger partial charge >= 0.3 is 0 Å². The van der Waals surface area contributed by atoms with Crippen LogP contribution in [0, 0.1) is 0 Å². The fraction of sp³-hybridized carbons (Fsp3) is 0.455. The molecule has 1 aromatic rings. The van der Waals surface area contributed by atoms with Gasteiger partial charge in [-0.05, 0) is 24.6 Å². The zero-order chi connectivity index (χ0) is 11.3. The summed E-state index contributed by atoms with van der Waals surface area (Å²) in [5, 5.41) is 8.92. The first-order valence-electron chi connectivity index (χ1n) is 4.90. The van der Waals surface area contributed by atoms with Crippen molar-refractivity contribution in [1.82, 2.24) is 9.88 Å². The molecule has 1 N–H and O–H groups in total. The maximum Gasteiger partial charge on any atom is 0.227 e. The number of carbonyl (C=O) groups excluding carboxylic acids is 1. The molecule has 1 unspecified atom stereocenters. The second-order valence-corrected chi connectivity index (χ2v) is 3.57. The molecule has 82 valence electrons. The summed E-state index contributed by atoms with van der Waals surface area (Å²) in [4.78, 5) is 17.1. The summed E-state index contributed by atoms with van der Waals surface area (Å²) in [5.74, 6) is 0.00255. The maximum atomic E-state index is 11.7. The van der Waals surface area contributed by atoms with Crippen LogP contribution >= 0.6 is 0 Å². The van der Waals surface area contributed by atoms with Crippen molar-refractivity contribution in [3.05, 3.63) is 30.1 Å². The SMILES string of the molecule is CC(CO)N(C)C(=O)Cc1ccncc1. The second kappa shape index (κ2) is 5.46. The van der Waals surface area contributed by atoms with Gasteiger partial charge in [-0.2, -0.15) is 0 Å². The molecule has 1 atom stereocenters. The Morgan fingerprint density at radius 3 is 2.67 bits per heavy atom. The Morgan fingerprint density at radius 2 is 2.13 bits per heavy atom. The van der Waals surface area contributed by atoms with Crippen LogP contribution < -0.4 is 0 Å². The number of pyridine rings is 1. The number of nitrogens with zero attached hydrogens (tertiary/aromatic N) is 2. The van der Waals surface area contributed by atoms with Gasteiger partial charge in [-0.15, -0.1) is 0 Å². The summed E-state index contributed by atoms with van der Waals surface area (Å²) in [6.45, 7) is 1.79.